The average molecular weight is 267 g/mol. The third kappa shape index (κ3) is 3.35. The van der Waals surface area contributed by atoms with Crippen LogP contribution in [-0.2, 0) is 18.0 Å². The molecule has 0 amide bonds. The molecule has 0 saturated heterocycles. The third-order valence-electron chi connectivity index (χ3n) is 2.33. The molecule has 0 spiro atoms. The summed E-state index contributed by atoms with van der Waals surface area (Å²) in [6, 6.07) is 8.76. The highest BCUT2D eigenvalue weighted by atomic mass is 35.5. The lowest BCUT2D eigenvalue weighted by Gasteiger charge is -2.02. The number of aromatic carboxylic acids is 1. The summed E-state index contributed by atoms with van der Waals surface area (Å²) >= 11 is 5.76. The summed E-state index contributed by atoms with van der Waals surface area (Å²) in [6.07, 6.45) is 1.20. The topological polar surface area (TPSA) is 59.7 Å². The number of furan rings is 1. The Balaban J connectivity index is 1.84. The first-order valence-corrected chi connectivity index (χ1v) is 5.66. The van der Waals surface area contributed by atoms with E-state index in [1.54, 1.807) is 12.1 Å². The highest BCUT2D eigenvalue weighted by molar-refractivity contribution is 6.30. The van der Waals surface area contributed by atoms with Crippen molar-refractivity contribution in [1.29, 1.82) is 0 Å². The largest absolute Gasteiger partial charge is 0.478 e. The van der Waals surface area contributed by atoms with Gasteiger partial charge in [-0.3, -0.25) is 0 Å². The molecule has 0 aliphatic rings. The highest BCUT2D eigenvalue weighted by Gasteiger charge is 2.07. The summed E-state index contributed by atoms with van der Waals surface area (Å²) in [7, 11) is 0. The molecule has 1 aromatic carbocycles. The lowest BCUT2D eigenvalue weighted by atomic mass is 10.2. The summed E-state index contributed by atoms with van der Waals surface area (Å²) in [5.74, 6) is -0.524. The average Bonchev–Trinajstić information content (AvgIpc) is 2.81. The predicted octanol–water partition coefficient (Wildman–Crippen LogP) is 3.35. The number of carbonyl (C=O) groups is 1. The van der Waals surface area contributed by atoms with E-state index in [-0.39, 0.29) is 12.2 Å². The van der Waals surface area contributed by atoms with Crippen LogP contribution < -0.4 is 0 Å². The molecule has 2 aromatic rings. The van der Waals surface area contributed by atoms with Gasteiger partial charge in [0.25, 0.3) is 0 Å². The normalized spacial score (nSPS) is 10.5. The molecular weight excluding hydrogens is 256 g/mol. The molecule has 18 heavy (non-hydrogen) atoms. The molecular formula is C13H11ClO4. The maximum Gasteiger partial charge on any atom is 0.338 e. The number of hydrogen-bond donors (Lipinski definition) is 1. The van der Waals surface area contributed by atoms with Crippen molar-refractivity contribution in [3.8, 4) is 0 Å². The van der Waals surface area contributed by atoms with E-state index >= 15 is 0 Å². The van der Waals surface area contributed by atoms with Crippen LogP contribution in [0.25, 0.3) is 0 Å². The Labute approximate surface area is 109 Å². The maximum atomic E-state index is 10.6. The van der Waals surface area contributed by atoms with Gasteiger partial charge in [0.2, 0.25) is 0 Å². The Kier molecular flexibility index (Phi) is 4.02. The number of ether oxygens (including phenoxy) is 1. The zero-order valence-electron chi connectivity index (χ0n) is 9.43. The van der Waals surface area contributed by atoms with Crippen LogP contribution in [-0.4, -0.2) is 11.1 Å². The minimum absolute atomic E-state index is 0.125. The minimum Gasteiger partial charge on any atom is -0.478 e. The Morgan fingerprint density at radius 2 is 2.00 bits per heavy atom. The Morgan fingerprint density at radius 1 is 1.28 bits per heavy atom. The first kappa shape index (κ1) is 12.7. The Hall–Kier alpha value is -1.78. The monoisotopic (exact) mass is 266 g/mol. The molecule has 0 aliphatic heterocycles. The van der Waals surface area contributed by atoms with E-state index in [1.807, 2.05) is 12.1 Å². The Morgan fingerprint density at radius 3 is 2.61 bits per heavy atom. The van der Waals surface area contributed by atoms with E-state index < -0.39 is 5.97 Å². The molecule has 0 radical (unpaired) electrons. The number of benzene rings is 1. The van der Waals surface area contributed by atoms with Crippen molar-refractivity contribution in [1.82, 2.24) is 0 Å². The summed E-state index contributed by atoms with van der Waals surface area (Å²) in [4.78, 5) is 10.6. The van der Waals surface area contributed by atoms with Crippen molar-refractivity contribution in [3.05, 3.63) is 58.5 Å². The van der Waals surface area contributed by atoms with Gasteiger partial charge in [-0.15, -0.1) is 0 Å². The molecule has 0 saturated carbocycles. The van der Waals surface area contributed by atoms with E-state index in [9.17, 15) is 4.79 Å². The van der Waals surface area contributed by atoms with Crippen molar-refractivity contribution in [2.75, 3.05) is 0 Å². The minimum atomic E-state index is -1.01. The standard InChI is InChI=1S/C13H11ClO4/c14-11-3-1-9(2-4-11)6-17-8-12-5-10(7-18-12)13(15)16/h1-5,7H,6,8H2,(H,15,16). The summed E-state index contributed by atoms with van der Waals surface area (Å²) in [5, 5.41) is 9.39. The number of hydrogen-bond acceptors (Lipinski definition) is 3. The molecule has 0 unspecified atom stereocenters. The highest BCUT2D eigenvalue weighted by Crippen LogP contribution is 2.12. The van der Waals surface area contributed by atoms with Gasteiger partial charge in [0, 0.05) is 5.02 Å². The van der Waals surface area contributed by atoms with Crippen molar-refractivity contribution in [2.24, 2.45) is 0 Å². The molecule has 5 heteroatoms. The molecule has 94 valence electrons. The van der Waals surface area contributed by atoms with E-state index in [2.05, 4.69) is 0 Å². The molecule has 0 bridgehead atoms. The first-order valence-electron chi connectivity index (χ1n) is 5.28. The van der Waals surface area contributed by atoms with Crippen LogP contribution in [0, 0.1) is 0 Å². The fourth-order valence-electron chi connectivity index (χ4n) is 1.42. The van der Waals surface area contributed by atoms with E-state index in [0.29, 0.717) is 17.4 Å². The smallest absolute Gasteiger partial charge is 0.338 e. The summed E-state index contributed by atoms with van der Waals surface area (Å²) in [6.45, 7) is 0.649. The van der Waals surface area contributed by atoms with Crippen molar-refractivity contribution >= 4 is 17.6 Å². The van der Waals surface area contributed by atoms with Gasteiger partial charge in [0.05, 0.1) is 12.2 Å². The molecule has 4 nitrogen and oxygen atoms in total. The lowest BCUT2D eigenvalue weighted by molar-refractivity contribution is 0.0696. The van der Waals surface area contributed by atoms with Crippen molar-refractivity contribution < 1.29 is 19.1 Å². The van der Waals surface area contributed by atoms with Crippen molar-refractivity contribution in [2.45, 2.75) is 13.2 Å². The van der Waals surface area contributed by atoms with Gasteiger partial charge in [-0.25, -0.2) is 4.79 Å². The van der Waals surface area contributed by atoms with E-state index in [1.165, 1.54) is 12.3 Å². The third-order valence-corrected chi connectivity index (χ3v) is 2.58. The second kappa shape index (κ2) is 5.71. The number of halogens is 1. The van der Waals surface area contributed by atoms with Gasteiger partial charge in [-0.1, -0.05) is 23.7 Å². The molecule has 1 aromatic heterocycles. The van der Waals surface area contributed by atoms with Gasteiger partial charge in [0.15, 0.2) is 0 Å². The van der Waals surface area contributed by atoms with E-state index in [4.69, 9.17) is 25.9 Å². The lowest BCUT2D eigenvalue weighted by Crippen LogP contribution is -1.94. The molecule has 2 rings (SSSR count). The van der Waals surface area contributed by atoms with Gasteiger partial charge in [-0.05, 0) is 23.8 Å². The first-order chi connectivity index (χ1) is 8.65. The quantitative estimate of drug-likeness (QED) is 0.902. The van der Waals surface area contributed by atoms with Crippen LogP contribution in [0.2, 0.25) is 5.02 Å². The summed E-state index contributed by atoms with van der Waals surface area (Å²) < 4.78 is 10.5. The van der Waals surface area contributed by atoms with E-state index in [0.717, 1.165) is 5.56 Å². The van der Waals surface area contributed by atoms with Gasteiger partial charge in [0.1, 0.15) is 18.6 Å². The predicted molar refractivity (Wildman–Crippen MR) is 65.6 cm³/mol. The fraction of sp³-hybridized carbons (Fsp3) is 0.154. The zero-order valence-corrected chi connectivity index (χ0v) is 10.2. The maximum absolute atomic E-state index is 10.6. The van der Waals surface area contributed by atoms with Crippen LogP contribution in [0.1, 0.15) is 21.7 Å². The van der Waals surface area contributed by atoms with Gasteiger partial charge in [-0.2, -0.15) is 0 Å². The molecule has 0 aliphatic carbocycles. The number of carboxylic acid groups (broad SMARTS) is 1. The SMILES string of the molecule is O=C(O)c1coc(COCc2ccc(Cl)cc2)c1. The van der Waals surface area contributed by atoms with Crippen LogP contribution in [0.3, 0.4) is 0 Å². The Bertz CT molecular complexity index is 530. The van der Waals surface area contributed by atoms with Gasteiger partial charge >= 0.3 is 5.97 Å². The van der Waals surface area contributed by atoms with Crippen LogP contribution in [0.5, 0.6) is 0 Å². The molecule has 1 N–H and O–H groups in total. The number of rotatable bonds is 5. The van der Waals surface area contributed by atoms with Crippen LogP contribution in [0.4, 0.5) is 0 Å². The van der Waals surface area contributed by atoms with Gasteiger partial charge < -0.3 is 14.3 Å². The second-order valence-electron chi connectivity index (χ2n) is 3.73. The summed E-state index contributed by atoms with van der Waals surface area (Å²) in [5.41, 5.74) is 1.12. The van der Waals surface area contributed by atoms with Crippen molar-refractivity contribution in [3.63, 3.8) is 0 Å². The van der Waals surface area contributed by atoms with Crippen LogP contribution in [0.15, 0.2) is 41.0 Å². The second-order valence-corrected chi connectivity index (χ2v) is 4.16. The molecule has 0 fully saturated rings. The zero-order chi connectivity index (χ0) is 13.0. The molecule has 1 heterocycles. The number of carboxylic acids is 1. The fourth-order valence-corrected chi connectivity index (χ4v) is 1.54. The molecule has 0 atom stereocenters. The van der Waals surface area contributed by atoms with Crippen LogP contribution >= 0.6 is 11.6 Å².